The maximum Gasteiger partial charge on any atom is 0.114 e. The molecule has 0 aromatic carbocycles. The Labute approximate surface area is 112 Å². The highest BCUT2D eigenvalue weighted by atomic mass is 32.1. The third-order valence-corrected chi connectivity index (χ3v) is 3.82. The van der Waals surface area contributed by atoms with Crippen LogP contribution in [-0.2, 0) is 12.0 Å². The van der Waals surface area contributed by atoms with Crippen LogP contribution in [0, 0.1) is 0 Å². The first kappa shape index (κ1) is 13.2. The molecule has 1 unspecified atom stereocenters. The minimum absolute atomic E-state index is 0.0715. The quantitative estimate of drug-likeness (QED) is 0.927. The molecule has 2 aromatic heterocycles. The van der Waals surface area contributed by atoms with Crippen molar-refractivity contribution >= 4 is 11.3 Å². The van der Waals surface area contributed by atoms with Crippen LogP contribution in [0.2, 0.25) is 0 Å². The highest BCUT2D eigenvalue weighted by molar-refractivity contribution is 7.09. The summed E-state index contributed by atoms with van der Waals surface area (Å²) in [6, 6.07) is -0.175. The van der Waals surface area contributed by atoms with Crippen molar-refractivity contribution in [2.75, 3.05) is 0 Å². The minimum atomic E-state index is -0.175. The average molecular weight is 264 g/mol. The van der Waals surface area contributed by atoms with Crippen molar-refractivity contribution in [3.8, 4) is 0 Å². The van der Waals surface area contributed by atoms with E-state index in [-0.39, 0.29) is 11.5 Å². The molecule has 0 amide bonds. The fraction of sp³-hybridized carbons (Fsp3) is 0.538. The van der Waals surface area contributed by atoms with Gasteiger partial charge in [-0.25, -0.2) is 4.98 Å². The van der Waals surface area contributed by atoms with Crippen molar-refractivity contribution in [3.05, 3.63) is 34.0 Å². The summed E-state index contributed by atoms with van der Waals surface area (Å²) in [5, 5.41) is 7.30. The lowest BCUT2D eigenvalue weighted by Gasteiger charge is -2.14. The van der Waals surface area contributed by atoms with Crippen LogP contribution in [0.1, 0.15) is 50.0 Å². The van der Waals surface area contributed by atoms with Crippen molar-refractivity contribution in [3.63, 3.8) is 0 Å². The molecule has 0 radical (unpaired) electrons. The predicted molar refractivity (Wildman–Crippen MR) is 74.7 cm³/mol. The second-order valence-electron chi connectivity index (χ2n) is 5.43. The van der Waals surface area contributed by atoms with Gasteiger partial charge in [-0.2, -0.15) is 5.10 Å². The van der Waals surface area contributed by atoms with Gasteiger partial charge in [-0.3, -0.25) is 4.68 Å². The van der Waals surface area contributed by atoms with E-state index in [4.69, 9.17) is 5.73 Å². The number of nitrogens with two attached hydrogens (primary N) is 1. The molecule has 2 N–H and O–H groups in total. The van der Waals surface area contributed by atoms with Gasteiger partial charge in [0, 0.05) is 29.1 Å². The van der Waals surface area contributed by atoms with Crippen molar-refractivity contribution in [1.29, 1.82) is 0 Å². The van der Waals surface area contributed by atoms with Crippen LogP contribution in [0.3, 0.4) is 0 Å². The van der Waals surface area contributed by atoms with E-state index >= 15 is 0 Å². The maximum atomic E-state index is 6.24. The summed E-state index contributed by atoms with van der Waals surface area (Å²) in [5.41, 5.74) is 8.43. The van der Waals surface area contributed by atoms with Crippen molar-refractivity contribution in [2.24, 2.45) is 5.73 Å². The third-order valence-electron chi connectivity index (χ3n) is 2.89. The molecule has 2 aromatic rings. The molecule has 4 nitrogen and oxygen atoms in total. The van der Waals surface area contributed by atoms with Crippen molar-refractivity contribution in [1.82, 2.24) is 14.8 Å². The van der Waals surface area contributed by atoms with Crippen LogP contribution in [-0.4, -0.2) is 14.8 Å². The van der Waals surface area contributed by atoms with Crippen LogP contribution >= 0.6 is 11.3 Å². The molecule has 0 fully saturated rings. The number of rotatable bonds is 3. The standard InChI is InChI=1S/C13H20N4S/c1-5-17-7-9(6-15-17)11(14)12-16-10(8-18-12)13(2,3)4/h6-8,11H,5,14H2,1-4H3. The van der Waals surface area contributed by atoms with E-state index in [9.17, 15) is 0 Å². The fourth-order valence-corrected chi connectivity index (χ4v) is 2.70. The van der Waals surface area contributed by atoms with Gasteiger partial charge in [0.05, 0.1) is 17.9 Å². The zero-order chi connectivity index (χ0) is 13.3. The molecule has 0 bridgehead atoms. The Hall–Kier alpha value is -1.20. The van der Waals surface area contributed by atoms with Gasteiger partial charge in [-0.15, -0.1) is 11.3 Å². The van der Waals surface area contributed by atoms with E-state index in [1.165, 1.54) is 0 Å². The Morgan fingerprint density at radius 3 is 2.67 bits per heavy atom. The lowest BCUT2D eigenvalue weighted by molar-refractivity contribution is 0.569. The Bertz CT molecular complexity index is 521. The van der Waals surface area contributed by atoms with E-state index < -0.39 is 0 Å². The van der Waals surface area contributed by atoms with Gasteiger partial charge >= 0.3 is 0 Å². The normalized spacial score (nSPS) is 13.8. The minimum Gasteiger partial charge on any atom is -0.318 e. The Balaban J connectivity index is 2.23. The summed E-state index contributed by atoms with van der Waals surface area (Å²) in [6.45, 7) is 9.40. The van der Waals surface area contributed by atoms with Crippen LogP contribution in [0.5, 0.6) is 0 Å². The molecular formula is C13H20N4S. The maximum absolute atomic E-state index is 6.24. The lowest BCUT2D eigenvalue weighted by Crippen LogP contribution is -2.14. The summed E-state index contributed by atoms with van der Waals surface area (Å²) < 4.78 is 1.88. The van der Waals surface area contributed by atoms with Crippen LogP contribution in [0.25, 0.3) is 0 Å². The molecule has 0 aliphatic rings. The highest BCUT2D eigenvalue weighted by Crippen LogP contribution is 2.28. The predicted octanol–water partition coefficient (Wildman–Crippen LogP) is 2.71. The van der Waals surface area contributed by atoms with Gasteiger partial charge in [0.25, 0.3) is 0 Å². The summed E-state index contributed by atoms with van der Waals surface area (Å²) in [7, 11) is 0. The zero-order valence-corrected chi connectivity index (χ0v) is 12.2. The summed E-state index contributed by atoms with van der Waals surface area (Å²) in [4.78, 5) is 4.65. The molecule has 2 heterocycles. The monoisotopic (exact) mass is 264 g/mol. The molecule has 98 valence electrons. The SMILES string of the molecule is CCn1cc(C(N)c2nc(C(C)(C)C)cs2)cn1. The lowest BCUT2D eigenvalue weighted by atomic mass is 9.93. The Kier molecular flexibility index (Phi) is 3.54. The molecule has 2 rings (SSSR count). The van der Waals surface area contributed by atoms with Gasteiger partial charge in [-0.05, 0) is 6.92 Å². The van der Waals surface area contributed by atoms with Crippen molar-refractivity contribution in [2.45, 2.75) is 45.7 Å². The number of aromatic nitrogens is 3. The molecule has 0 spiro atoms. The molecule has 18 heavy (non-hydrogen) atoms. The topological polar surface area (TPSA) is 56.7 Å². The van der Waals surface area contributed by atoms with Crippen LogP contribution in [0.15, 0.2) is 17.8 Å². The van der Waals surface area contributed by atoms with Gasteiger partial charge < -0.3 is 5.73 Å². The van der Waals surface area contributed by atoms with E-state index in [0.29, 0.717) is 0 Å². The number of thiazole rings is 1. The first-order chi connectivity index (χ1) is 8.41. The molecule has 0 aliphatic heterocycles. The first-order valence-corrected chi connectivity index (χ1v) is 7.03. The highest BCUT2D eigenvalue weighted by Gasteiger charge is 2.21. The average Bonchev–Trinajstić information content (AvgIpc) is 2.96. The molecule has 0 saturated heterocycles. The second-order valence-corrected chi connectivity index (χ2v) is 6.32. The van der Waals surface area contributed by atoms with Crippen molar-refractivity contribution < 1.29 is 0 Å². The summed E-state index contributed by atoms with van der Waals surface area (Å²) >= 11 is 1.62. The number of aryl methyl sites for hydroxylation is 1. The Morgan fingerprint density at radius 2 is 2.17 bits per heavy atom. The molecule has 0 aliphatic carbocycles. The molecule has 5 heteroatoms. The van der Waals surface area contributed by atoms with Gasteiger partial charge in [0.2, 0.25) is 0 Å². The van der Waals surface area contributed by atoms with E-state index in [1.54, 1.807) is 11.3 Å². The smallest absolute Gasteiger partial charge is 0.114 e. The summed E-state index contributed by atoms with van der Waals surface area (Å²) in [6.07, 6.45) is 3.81. The zero-order valence-electron chi connectivity index (χ0n) is 11.3. The van der Waals surface area contributed by atoms with Crippen LogP contribution in [0.4, 0.5) is 0 Å². The largest absolute Gasteiger partial charge is 0.318 e. The van der Waals surface area contributed by atoms with Gasteiger partial charge in [0.15, 0.2) is 0 Å². The number of hydrogen-bond donors (Lipinski definition) is 1. The fourth-order valence-electron chi connectivity index (χ4n) is 1.63. The number of hydrogen-bond acceptors (Lipinski definition) is 4. The molecular weight excluding hydrogens is 244 g/mol. The van der Waals surface area contributed by atoms with Gasteiger partial charge in [-0.1, -0.05) is 20.8 Å². The molecule has 1 atom stereocenters. The Morgan fingerprint density at radius 1 is 1.44 bits per heavy atom. The number of nitrogens with zero attached hydrogens (tertiary/aromatic N) is 3. The van der Waals surface area contributed by atoms with E-state index in [0.717, 1.165) is 22.8 Å². The summed E-state index contributed by atoms with van der Waals surface area (Å²) in [5.74, 6) is 0. The van der Waals surface area contributed by atoms with Gasteiger partial charge in [0.1, 0.15) is 5.01 Å². The van der Waals surface area contributed by atoms with Crippen LogP contribution < -0.4 is 5.73 Å². The second kappa shape index (κ2) is 4.82. The van der Waals surface area contributed by atoms with E-state index in [1.807, 2.05) is 17.1 Å². The molecule has 0 saturated carbocycles. The van der Waals surface area contributed by atoms with E-state index in [2.05, 4.69) is 43.2 Å². The first-order valence-electron chi connectivity index (χ1n) is 6.15. The third kappa shape index (κ3) is 2.62.